The first-order valence-electron chi connectivity index (χ1n) is 4.87. The Morgan fingerprint density at radius 1 is 1.60 bits per heavy atom. The molecule has 88 valence electrons. The van der Waals surface area contributed by atoms with Gasteiger partial charge in [-0.3, -0.25) is 15.2 Å². The number of rotatable bonds is 6. The van der Waals surface area contributed by atoms with Gasteiger partial charge >= 0.3 is 0 Å². The van der Waals surface area contributed by atoms with Gasteiger partial charge in [0.05, 0.1) is 6.54 Å². The lowest BCUT2D eigenvalue weighted by Gasteiger charge is -2.30. The van der Waals surface area contributed by atoms with E-state index in [1.54, 1.807) is 18.6 Å². The minimum atomic E-state index is -0.481. The fraction of sp³-hybridized carbons (Fsp3) is 0.667. The second-order valence-electron chi connectivity index (χ2n) is 3.57. The molecule has 0 radical (unpaired) electrons. The summed E-state index contributed by atoms with van der Waals surface area (Å²) in [6.07, 6.45) is 3.00. The average Bonchev–Trinajstić information content (AvgIpc) is 2.17. The fourth-order valence-corrected chi connectivity index (χ4v) is 1.13. The van der Waals surface area contributed by atoms with Crippen molar-refractivity contribution < 1.29 is 15.2 Å². The van der Waals surface area contributed by atoms with Crippen LogP contribution in [0.3, 0.4) is 0 Å². The highest BCUT2D eigenvalue weighted by molar-refractivity contribution is 5.87. The highest BCUT2D eigenvalue weighted by Crippen LogP contribution is 1.95. The highest BCUT2D eigenvalue weighted by atomic mass is 16.7. The van der Waals surface area contributed by atoms with Crippen molar-refractivity contribution in [2.45, 2.75) is 26.8 Å². The molecule has 0 bridgehead atoms. The first kappa shape index (κ1) is 14.1. The van der Waals surface area contributed by atoms with Crippen molar-refractivity contribution in [2.75, 3.05) is 6.54 Å². The van der Waals surface area contributed by atoms with Gasteiger partial charge in [-0.2, -0.15) is 0 Å². The maximum Gasteiger partial charge on any atom is 0.243 e. The molecule has 0 aromatic heterocycles. The number of hydrogen-bond acceptors (Lipinski definition) is 4. The predicted molar refractivity (Wildman–Crippen MR) is 55.7 cm³/mol. The smallest absolute Gasteiger partial charge is 0.243 e. The fourth-order valence-electron chi connectivity index (χ4n) is 1.13. The summed E-state index contributed by atoms with van der Waals surface area (Å²) in [5, 5.41) is 21.8. The molecule has 0 rings (SSSR count). The van der Waals surface area contributed by atoms with Crippen LogP contribution in [-0.2, 0) is 4.79 Å². The Morgan fingerprint density at radius 3 is 2.60 bits per heavy atom. The van der Waals surface area contributed by atoms with Crippen molar-refractivity contribution in [1.82, 2.24) is 10.9 Å². The van der Waals surface area contributed by atoms with Gasteiger partial charge in [0.25, 0.3) is 0 Å². The quantitative estimate of drug-likeness (QED) is 0.339. The summed E-state index contributed by atoms with van der Waals surface area (Å²) in [5.74, 6) is -0.197. The molecule has 0 heterocycles. The van der Waals surface area contributed by atoms with E-state index < -0.39 is 11.2 Å². The lowest BCUT2D eigenvalue weighted by atomic mass is 10.1. The molecule has 0 aliphatic rings. The van der Waals surface area contributed by atoms with Crippen LogP contribution in [0.25, 0.3) is 0 Å². The minimum absolute atomic E-state index is 0.0445. The van der Waals surface area contributed by atoms with Crippen LogP contribution in [0.4, 0.5) is 0 Å². The highest BCUT2D eigenvalue weighted by Gasteiger charge is 2.20. The zero-order valence-electron chi connectivity index (χ0n) is 9.28. The van der Waals surface area contributed by atoms with Crippen molar-refractivity contribution >= 4 is 5.91 Å². The second kappa shape index (κ2) is 7.36. The predicted octanol–water partition coefficient (Wildman–Crippen LogP) is -1.02. The van der Waals surface area contributed by atoms with Crippen LogP contribution in [-0.4, -0.2) is 23.7 Å². The largest absolute Gasteiger partial charge is 0.611 e. The molecule has 6 nitrogen and oxygen atoms in total. The zero-order chi connectivity index (χ0) is 11.8. The molecule has 2 atom stereocenters. The summed E-state index contributed by atoms with van der Waals surface area (Å²) in [6.45, 7) is 5.65. The molecule has 0 aliphatic carbocycles. The summed E-state index contributed by atoms with van der Waals surface area (Å²) >= 11 is 0. The van der Waals surface area contributed by atoms with E-state index in [9.17, 15) is 10.0 Å². The molecule has 0 aromatic carbocycles. The molecule has 0 aliphatic heterocycles. The van der Waals surface area contributed by atoms with Gasteiger partial charge in [0.15, 0.2) is 0 Å². The van der Waals surface area contributed by atoms with Crippen molar-refractivity contribution in [3.8, 4) is 0 Å². The van der Waals surface area contributed by atoms with Crippen LogP contribution < -0.4 is 16.1 Å². The Bertz CT molecular complexity index is 219. The Balaban J connectivity index is 4.13. The van der Waals surface area contributed by atoms with Gasteiger partial charge in [-0.25, -0.2) is 0 Å². The first-order chi connectivity index (χ1) is 7.02. The van der Waals surface area contributed by atoms with E-state index in [0.29, 0.717) is 0 Å². The van der Waals surface area contributed by atoms with Crippen LogP contribution in [0.15, 0.2) is 12.2 Å². The third-order valence-corrected chi connectivity index (χ3v) is 2.07. The van der Waals surface area contributed by atoms with Crippen LogP contribution in [0.2, 0.25) is 0 Å². The van der Waals surface area contributed by atoms with Gasteiger partial charge in [-0.1, -0.05) is 19.9 Å². The van der Waals surface area contributed by atoms with Gasteiger partial charge in [-0.05, 0) is 18.6 Å². The van der Waals surface area contributed by atoms with Crippen molar-refractivity contribution in [3.05, 3.63) is 17.4 Å². The first-order valence-corrected chi connectivity index (χ1v) is 4.87. The molecule has 0 saturated carbocycles. The molecule has 1 unspecified atom stereocenters. The van der Waals surface area contributed by atoms with Crippen LogP contribution >= 0.6 is 0 Å². The van der Waals surface area contributed by atoms with E-state index in [1.165, 1.54) is 6.08 Å². The lowest BCUT2D eigenvalue weighted by molar-refractivity contribution is -0.951. The number of hydrogen-bond donors (Lipinski definition) is 4. The van der Waals surface area contributed by atoms with Gasteiger partial charge in [-0.15, -0.1) is 0 Å². The topological polar surface area (TPSA) is 88.9 Å². The number of quaternary nitrogens is 1. The van der Waals surface area contributed by atoms with Gasteiger partial charge in [0, 0.05) is 5.92 Å². The van der Waals surface area contributed by atoms with Crippen LogP contribution in [0.1, 0.15) is 20.8 Å². The van der Waals surface area contributed by atoms with Crippen molar-refractivity contribution in [1.29, 1.82) is 0 Å². The number of allylic oxidation sites excluding steroid dienone is 1. The number of carbonyl (C=O) groups is 1. The average molecular weight is 217 g/mol. The van der Waals surface area contributed by atoms with E-state index in [0.717, 1.165) is 0 Å². The molecule has 0 saturated heterocycles. The molecule has 0 spiro atoms. The van der Waals surface area contributed by atoms with Crippen LogP contribution in [0, 0.1) is 11.1 Å². The Hall–Kier alpha value is -0.950. The van der Waals surface area contributed by atoms with E-state index in [1.807, 2.05) is 13.8 Å². The van der Waals surface area contributed by atoms with Crippen LogP contribution in [0.5, 0.6) is 0 Å². The second-order valence-corrected chi connectivity index (χ2v) is 3.57. The van der Waals surface area contributed by atoms with E-state index in [4.69, 9.17) is 5.21 Å². The number of amides is 1. The zero-order valence-corrected chi connectivity index (χ0v) is 9.28. The Kier molecular flexibility index (Phi) is 6.89. The normalized spacial score (nSPS) is 15.6. The SMILES string of the molecule is C/C=C/C(=O)NC[C@H](C(C)C)[NH+]([O-])NO. The monoisotopic (exact) mass is 217 g/mol. The summed E-state index contributed by atoms with van der Waals surface area (Å²) < 4.78 is 0. The van der Waals surface area contributed by atoms with Gasteiger partial charge in [0.1, 0.15) is 6.04 Å². The Labute approximate surface area is 89.5 Å². The Morgan fingerprint density at radius 2 is 2.20 bits per heavy atom. The molecule has 0 aromatic rings. The maximum atomic E-state index is 11.2. The molecule has 0 fully saturated rings. The van der Waals surface area contributed by atoms with Crippen molar-refractivity contribution in [3.63, 3.8) is 0 Å². The molecule has 4 N–H and O–H groups in total. The lowest BCUT2D eigenvalue weighted by Crippen LogP contribution is -3.18. The summed E-state index contributed by atoms with van der Waals surface area (Å²) in [4.78, 5) is 11.1. The summed E-state index contributed by atoms with van der Waals surface area (Å²) in [6, 6.07) is -0.427. The minimum Gasteiger partial charge on any atom is -0.611 e. The van der Waals surface area contributed by atoms with E-state index in [2.05, 4.69) is 5.32 Å². The molecule has 15 heavy (non-hydrogen) atoms. The molecular weight excluding hydrogens is 198 g/mol. The van der Waals surface area contributed by atoms with E-state index >= 15 is 0 Å². The summed E-state index contributed by atoms with van der Waals surface area (Å²) in [5.41, 5.74) is 1.59. The number of hydroxylamine groups is 1. The maximum absolute atomic E-state index is 11.2. The van der Waals surface area contributed by atoms with Gasteiger partial charge < -0.3 is 10.5 Å². The summed E-state index contributed by atoms with van der Waals surface area (Å²) in [7, 11) is 0. The molecular formula is C9H19N3O3. The number of carbonyl (C=O) groups excluding carboxylic acids is 1. The van der Waals surface area contributed by atoms with E-state index in [-0.39, 0.29) is 18.4 Å². The standard InChI is InChI=1S/C9H19N3O3/c1-4-5-9(13)10-6-8(7(2)3)12(15)11-14/h4-5,7-8,11-12,14H,6H2,1-3H3,(H,10,13)/b5-4+/t8-/m1/s1. The molecule has 6 heteroatoms. The third-order valence-electron chi connectivity index (χ3n) is 2.07. The third kappa shape index (κ3) is 5.48. The molecule has 1 amide bonds. The van der Waals surface area contributed by atoms with Crippen molar-refractivity contribution in [2.24, 2.45) is 5.92 Å². The van der Waals surface area contributed by atoms with Gasteiger partial charge in [0.2, 0.25) is 5.91 Å². The number of nitrogens with one attached hydrogen (secondary N) is 3.